The number of hydrogen-bond acceptors (Lipinski definition) is 3. The summed E-state index contributed by atoms with van der Waals surface area (Å²) < 4.78 is 6.48. The van der Waals surface area contributed by atoms with Crippen molar-refractivity contribution in [3.63, 3.8) is 0 Å². The van der Waals surface area contributed by atoms with Gasteiger partial charge in [0.25, 0.3) is 5.91 Å². The maximum absolute atomic E-state index is 13.0. The molecule has 0 bridgehead atoms. The van der Waals surface area contributed by atoms with Gasteiger partial charge in [0.1, 0.15) is 5.60 Å². The first-order valence-corrected chi connectivity index (χ1v) is 9.92. The van der Waals surface area contributed by atoms with Gasteiger partial charge in [-0.1, -0.05) is 34.1 Å². The molecule has 3 rings (SSSR count). The standard InChI is InChI=1S/C21H25BrN2O3/c1-14-13-23(10-11-24(14)20(26)27-21(2,3)4)19(25)16-8-9-17-15(12-16)6-5-7-18(17)22/h5-9,12,14H,10-11,13H2,1-4H3/t14-/m1/s1. The van der Waals surface area contributed by atoms with Crippen LogP contribution < -0.4 is 0 Å². The summed E-state index contributed by atoms with van der Waals surface area (Å²) in [5, 5.41) is 2.10. The summed E-state index contributed by atoms with van der Waals surface area (Å²) >= 11 is 3.54. The van der Waals surface area contributed by atoms with E-state index in [1.807, 2.05) is 69.0 Å². The van der Waals surface area contributed by atoms with Gasteiger partial charge in [0.05, 0.1) is 0 Å². The summed E-state index contributed by atoms with van der Waals surface area (Å²) in [6.45, 7) is 8.98. The quantitative estimate of drug-likeness (QED) is 0.656. The van der Waals surface area contributed by atoms with Crippen LogP contribution in [0.3, 0.4) is 0 Å². The predicted molar refractivity (Wildman–Crippen MR) is 110 cm³/mol. The number of hydrogen-bond donors (Lipinski definition) is 0. The largest absolute Gasteiger partial charge is 0.444 e. The molecule has 0 N–H and O–H groups in total. The lowest BCUT2D eigenvalue weighted by Crippen LogP contribution is -2.56. The Balaban J connectivity index is 1.71. The Kier molecular flexibility index (Phi) is 5.47. The number of ether oxygens (including phenoxy) is 1. The number of nitrogens with zero attached hydrogens (tertiary/aromatic N) is 2. The Hall–Kier alpha value is -2.08. The molecule has 1 saturated heterocycles. The second kappa shape index (κ2) is 7.50. The number of carbonyl (C=O) groups excluding carboxylic acids is 2. The molecule has 2 amide bonds. The minimum Gasteiger partial charge on any atom is -0.444 e. The molecule has 0 saturated carbocycles. The number of halogens is 1. The van der Waals surface area contributed by atoms with E-state index in [4.69, 9.17) is 4.74 Å². The zero-order valence-corrected chi connectivity index (χ0v) is 17.7. The van der Waals surface area contributed by atoms with Crippen molar-refractivity contribution in [1.82, 2.24) is 9.80 Å². The molecule has 0 radical (unpaired) electrons. The van der Waals surface area contributed by atoms with Gasteiger partial charge in [-0.2, -0.15) is 0 Å². The lowest BCUT2D eigenvalue weighted by molar-refractivity contribution is 0.00199. The van der Waals surface area contributed by atoms with E-state index >= 15 is 0 Å². The predicted octanol–water partition coefficient (Wildman–Crippen LogP) is 4.68. The second-order valence-corrected chi connectivity index (χ2v) is 8.80. The summed E-state index contributed by atoms with van der Waals surface area (Å²) in [6, 6.07) is 11.6. The van der Waals surface area contributed by atoms with Crippen molar-refractivity contribution in [1.29, 1.82) is 0 Å². The highest BCUT2D eigenvalue weighted by Gasteiger charge is 2.32. The first-order valence-electron chi connectivity index (χ1n) is 9.13. The molecule has 0 spiro atoms. The Morgan fingerprint density at radius 2 is 1.89 bits per heavy atom. The minimum atomic E-state index is -0.525. The van der Waals surface area contributed by atoms with Crippen molar-refractivity contribution in [2.75, 3.05) is 19.6 Å². The van der Waals surface area contributed by atoms with Gasteiger partial charge in [0.2, 0.25) is 0 Å². The molecule has 5 nitrogen and oxygen atoms in total. The van der Waals surface area contributed by atoms with Gasteiger partial charge >= 0.3 is 6.09 Å². The Labute approximate surface area is 168 Å². The van der Waals surface area contributed by atoms with Crippen LogP contribution in [-0.2, 0) is 4.74 Å². The van der Waals surface area contributed by atoms with E-state index in [1.165, 1.54) is 0 Å². The van der Waals surface area contributed by atoms with Gasteiger partial charge < -0.3 is 14.5 Å². The fourth-order valence-electron chi connectivity index (χ4n) is 3.29. The number of benzene rings is 2. The van der Waals surface area contributed by atoms with E-state index in [2.05, 4.69) is 15.9 Å². The summed E-state index contributed by atoms with van der Waals surface area (Å²) in [7, 11) is 0. The van der Waals surface area contributed by atoms with Crippen LogP contribution in [0.2, 0.25) is 0 Å². The minimum absolute atomic E-state index is 0.00688. The third-order valence-corrected chi connectivity index (χ3v) is 5.31. The van der Waals surface area contributed by atoms with Crippen molar-refractivity contribution < 1.29 is 14.3 Å². The van der Waals surface area contributed by atoms with Gasteiger partial charge in [0.15, 0.2) is 0 Å². The Bertz CT molecular complexity index is 875. The Morgan fingerprint density at radius 3 is 2.56 bits per heavy atom. The molecule has 27 heavy (non-hydrogen) atoms. The van der Waals surface area contributed by atoms with Gasteiger partial charge in [0, 0.05) is 35.7 Å². The SMILES string of the molecule is C[C@@H]1CN(C(=O)c2ccc3c(Br)cccc3c2)CCN1C(=O)OC(C)(C)C. The van der Waals surface area contributed by atoms with Crippen molar-refractivity contribution >= 4 is 38.7 Å². The van der Waals surface area contributed by atoms with Crippen LogP contribution in [0.25, 0.3) is 10.8 Å². The van der Waals surface area contributed by atoms with Gasteiger partial charge in [-0.25, -0.2) is 4.79 Å². The molecular weight excluding hydrogens is 408 g/mol. The summed E-state index contributed by atoms with van der Waals surface area (Å²) in [6.07, 6.45) is -0.322. The molecule has 1 aliphatic rings. The molecule has 2 aromatic carbocycles. The molecule has 0 unspecified atom stereocenters. The fraction of sp³-hybridized carbons (Fsp3) is 0.429. The van der Waals surface area contributed by atoms with Crippen molar-refractivity contribution in [3.05, 3.63) is 46.4 Å². The van der Waals surface area contributed by atoms with E-state index in [-0.39, 0.29) is 18.0 Å². The lowest BCUT2D eigenvalue weighted by atomic mass is 10.1. The van der Waals surface area contributed by atoms with Crippen LogP contribution in [0.4, 0.5) is 4.79 Å². The molecule has 0 aliphatic carbocycles. The number of rotatable bonds is 1. The normalized spacial score (nSPS) is 17.9. The van der Waals surface area contributed by atoms with Crippen molar-refractivity contribution in [3.8, 4) is 0 Å². The molecule has 144 valence electrons. The van der Waals surface area contributed by atoms with Crippen molar-refractivity contribution in [2.45, 2.75) is 39.3 Å². The van der Waals surface area contributed by atoms with E-state index in [0.717, 1.165) is 15.2 Å². The monoisotopic (exact) mass is 432 g/mol. The average Bonchev–Trinajstić information content (AvgIpc) is 2.59. The highest BCUT2D eigenvalue weighted by atomic mass is 79.9. The van der Waals surface area contributed by atoms with Crippen LogP contribution >= 0.6 is 15.9 Å². The first-order chi connectivity index (χ1) is 12.7. The molecule has 1 fully saturated rings. The third-order valence-electron chi connectivity index (χ3n) is 4.62. The fourth-order valence-corrected chi connectivity index (χ4v) is 3.81. The molecule has 0 aromatic heterocycles. The molecule has 1 atom stereocenters. The molecular formula is C21H25BrN2O3. The van der Waals surface area contributed by atoms with Crippen LogP contribution in [0.5, 0.6) is 0 Å². The maximum Gasteiger partial charge on any atom is 0.410 e. The topological polar surface area (TPSA) is 49.9 Å². The van der Waals surface area contributed by atoms with Crippen LogP contribution in [0.1, 0.15) is 38.1 Å². The third kappa shape index (κ3) is 4.43. The molecule has 6 heteroatoms. The van der Waals surface area contributed by atoms with Crippen molar-refractivity contribution in [2.24, 2.45) is 0 Å². The number of amides is 2. The zero-order valence-electron chi connectivity index (χ0n) is 16.2. The summed E-state index contributed by atoms with van der Waals surface area (Å²) in [5.74, 6) is -0.00688. The zero-order chi connectivity index (χ0) is 19.8. The first kappa shape index (κ1) is 19.7. The number of carbonyl (C=O) groups is 2. The number of piperazine rings is 1. The van der Waals surface area contributed by atoms with Gasteiger partial charge in [-0.3, -0.25) is 4.79 Å². The van der Waals surface area contributed by atoms with Crippen LogP contribution in [0.15, 0.2) is 40.9 Å². The summed E-state index contributed by atoms with van der Waals surface area (Å²) in [5.41, 5.74) is 0.141. The van der Waals surface area contributed by atoms with Crippen LogP contribution in [-0.4, -0.2) is 53.1 Å². The maximum atomic E-state index is 13.0. The second-order valence-electron chi connectivity index (χ2n) is 7.95. The molecule has 2 aromatic rings. The smallest absolute Gasteiger partial charge is 0.410 e. The Morgan fingerprint density at radius 1 is 1.15 bits per heavy atom. The van der Waals surface area contributed by atoms with E-state index in [0.29, 0.717) is 25.2 Å². The highest BCUT2D eigenvalue weighted by Crippen LogP contribution is 2.25. The molecule has 1 heterocycles. The van der Waals surface area contributed by atoms with E-state index < -0.39 is 5.60 Å². The molecule has 1 aliphatic heterocycles. The van der Waals surface area contributed by atoms with Gasteiger partial charge in [-0.15, -0.1) is 0 Å². The summed E-state index contributed by atoms with van der Waals surface area (Å²) in [4.78, 5) is 28.8. The van der Waals surface area contributed by atoms with Gasteiger partial charge in [-0.05, 0) is 56.7 Å². The highest BCUT2D eigenvalue weighted by molar-refractivity contribution is 9.10. The van der Waals surface area contributed by atoms with Crippen LogP contribution in [0, 0.1) is 0 Å². The average molecular weight is 433 g/mol. The van der Waals surface area contributed by atoms with E-state index in [9.17, 15) is 9.59 Å². The van der Waals surface area contributed by atoms with E-state index in [1.54, 1.807) is 4.90 Å². The lowest BCUT2D eigenvalue weighted by Gasteiger charge is -2.40. The number of fused-ring (bicyclic) bond motifs is 1.